The minimum absolute atomic E-state index is 0.0600. The Morgan fingerprint density at radius 3 is 2.86 bits per heavy atom. The number of hydrogen-bond acceptors (Lipinski definition) is 6. The molecule has 1 amide bonds. The Morgan fingerprint density at radius 2 is 2.24 bits per heavy atom. The van der Waals surface area contributed by atoms with Gasteiger partial charge in [-0.25, -0.2) is 8.42 Å². The third-order valence-electron chi connectivity index (χ3n) is 3.00. The van der Waals surface area contributed by atoms with Gasteiger partial charge in [0.15, 0.2) is 16.4 Å². The van der Waals surface area contributed by atoms with Gasteiger partial charge in [-0.3, -0.25) is 14.9 Å². The summed E-state index contributed by atoms with van der Waals surface area (Å²) in [6.07, 6.45) is 0.394. The number of nitro benzene ring substituents is 1. The first-order chi connectivity index (χ1) is 9.85. The lowest BCUT2D eigenvalue weighted by molar-refractivity contribution is -0.384. The second-order valence-electron chi connectivity index (χ2n) is 4.71. The van der Waals surface area contributed by atoms with E-state index in [-0.39, 0.29) is 29.5 Å². The van der Waals surface area contributed by atoms with Crippen LogP contribution in [0.5, 0.6) is 5.75 Å². The Kier molecular flexibility index (Phi) is 4.41. The molecule has 0 radical (unpaired) electrons. The van der Waals surface area contributed by atoms with Gasteiger partial charge in [0, 0.05) is 12.1 Å². The maximum atomic E-state index is 11.6. The zero-order chi connectivity index (χ0) is 15.5. The monoisotopic (exact) mass is 314 g/mol. The Morgan fingerprint density at radius 1 is 1.48 bits per heavy atom. The summed E-state index contributed by atoms with van der Waals surface area (Å²) in [4.78, 5) is 21.7. The molecule has 0 spiro atoms. The number of hydrogen-bond donors (Lipinski definition) is 1. The second kappa shape index (κ2) is 6.08. The van der Waals surface area contributed by atoms with Crippen LogP contribution in [0.1, 0.15) is 6.42 Å². The number of nitrogens with zero attached hydrogens (tertiary/aromatic N) is 1. The summed E-state index contributed by atoms with van der Waals surface area (Å²) in [7, 11) is -3.05. The maximum absolute atomic E-state index is 11.6. The lowest BCUT2D eigenvalue weighted by atomic mass is 10.2. The molecular formula is C12H14N2O6S. The first-order valence-electron chi connectivity index (χ1n) is 6.23. The molecule has 1 atom stereocenters. The van der Waals surface area contributed by atoms with E-state index < -0.39 is 26.7 Å². The highest BCUT2D eigenvalue weighted by atomic mass is 32.2. The lowest BCUT2D eigenvalue weighted by Crippen LogP contribution is -2.38. The summed E-state index contributed by atoms with van der Waals surface area (Å²) in [5.74, 6) is -0.235. The molecule has 1 fully saturated rings. The highest BCUT2D eigenvalue weighted by molar-refractivity contribution is 7.91. The first kappa shape index (κ1) is 15.2. The number of nitrogens with one attached hydrogen (secondary N) is 1. The largest absolute Gasteiger partial charge is 0.484 e. The number of nitro groups is 1. The van der Waals surface area contributed by atoms with Crippen molar-refractivity contribution < 1.29 is 22.9 Å². The molecule has 21 heavy (non-hydrogen) atoms. The molecule has 1 aliphatic rings. The van der Waals surface area contributed by atoms with E-state index >= 15 is 0 Å². The maximum Gasteiger partial charge on any atom is 0.273 e. The van der Waals surface area contributed by atoms with Crippen molar-refractivity contribution in [3.8, 4) is 5.75 Å². The van der Waals surface area contributed by atoms with E-state index in [1.165, 1.54) is 24.3 Å². The highest BCUT2D eigenvalue weighted by Crippen LogP contribution is 2.19. The molecule has 2 rings (SSSR count). The van der Waals surface area contributed by atoms with Crippen LogP contribution in [0, 0.1) is 10.1 Å². The fourth-order valence-corrected chi connectivity index (χ4v) is 3.69. The van der Waals surface area contributed by atoms with Crippen LogP contribution in [0.4, 0.5) is 5.69 Å². The van der Waals surface area contributed by atoms with Gasteiger partial charge < -0.3 is 10.1 Å². The van der Waals surface area contributed by atoms with E-state index in [0.29, 0.717) is 6.42 Å². The van der Waals surface area contributed by atoms with Crippen molar-refractivity contribution in [3.63, 3.8) is 0 Å². The Hall–Kier alpha value is -2.16. The van der Waals surface area contributed by atoms with Crippen LogP contribution in [0.15, 0.2) is 24.3 Å². The zero-order valence-corrected chi connectivity index (χ0v) is 11.8. The third kappa shape index (κ3) is 4.42. The molecular weight excluding hydrogens is 300 g/mol. The highest BCUT2D eigenvalue weighted by Gasteiger charge is 2.28. The van der Waals surface area contributed by atoms with Gasteiger partial charge in [0.25, 0.3) is 11.6 Å². The van der Waals surface area contributed by atoms with Crippen LogP contribution in [0.2, 0.25) is 0 Å². The normalized spacial score (nSPS) is 19.9. The number of non-ortho nitro benzene ring substituents is 1. The van der Waals surface area contributed by atoms with E-state index in [9.17, 15) is 23.3 Å². The Balaban J connectivity index is 1.84. The number of rotatable bonds is 5. The number of amides is 1. The minimum atomic E-state index is -3.05. The molecule has 0 saturated carbocycles. The molecule has 9 heteroatoms. The van der Waals surface area contributed by atoms with Crippen LogP contribution in [-0.2, 0) is 14.6 Å². The SMILES string of the molecule is O=C(COc1cccc([N+](=O)[O-])c1)N[C@H]1CCS(=O)(=O)C1. The number of carbonyl (C=O) groups is 1. The summed E-state index contributed by atoms with van der Waals surface area (Å²) in [6, 6.07) is 5.09. The smallest absolute Gasteiger partial charge is 0.273 e. The number of carbonyl (C=O) groups excluding carboxylic acids is 1. The Labute approximate surface area is 121 Å². The predicted octanol–water partition coefficient (Wildman–Crippen LogP) is 0.277. The van der Waals surface area contributed by atoms with Crippen LogP contribution in [0.25, 0.3) is 0 Å². The van der Waals surface area contributed by atoms with Gasteiger partial charge in [0.05, 0.1) is 22.5 Å². The molecule has 0 aromatic heterocycles. The second-order valence-corrected chi connectivity index (χ2v) is 6.94. The minimum Gasteiger partial charge on any atom is -0.484 e. The lowest BCUT2D eigenvalue weighted by Gasteiger charge is -2.11. The summed E-state index contributed by atoms with van der Waals surface area (Å²) in [6.45, 7) is -0.322. The van der Waals surface area contributed by atoms with Gasteiger partial charge >= 0.3 is 0 Å². The van der Waals surface area contributed by atoms with Crippen LogP contribution in [-0.4, -0.2) is 43.4 Å². The van der Waals surface area contributed by atoms with Crippen molar-refractivity contribution in [3.05, 3.63) is 34.4 Å². The molecule has 1 aliphatic heterocycles. The van der Waals surface area contributed by atoms with E-state index in [0.717, 1.165) is 0 Å². The summed E-state index contributed by atoms with van der Waals surface area (Å²) < 4.78 is 27.7. The molecule has 1 heterocycles. The van der Waals surface area contributed by atoms with Crippen molar-refractivity contribution in [2.75, 3.05) is 18.1 Å². The van der Waals surface area contributed by atoms with Gasteiger partial charge in [-0.2, -0.15) is 0 Å². The van der Waals surface area contributed by atoms with Crippen LogP contribution >= 0.6 is 0 Å². The molecule has 114 valence electrons. The van der Waals surface area contributed by atoms with Crippen molar-refractivity contribution in [1.82, 2.24) is 5.32 Å². The van der Waals surface area contributed by atoms with Gasteiger partial charge in [-0.05, 0) is 12.5 Å². The standard InChI is InChI=1S/C12H14N2O6S/c15-12(13-9-4-5-21(18,19)8-9)7-20-11-3-1-2-10(6-11)14(16)17/h1-3,6,9H,4-5,7-8H2,(H,13,15)/t9-/m0/s1. The van der Waals surface area contributed by atoms with Crippen molar-refractivity contribution in [1.29, 1.82) is 0 Å². The van der Waals surface area contributed by atoms with Crippen LogP contribution in [0.3, 0.4) is 0 Å². The predicted molar refractivity (Wildman–Crippen MR) is 73.8 cm³/mol. The molecule has 0 aliphatic carbocycles. The van der Waals surface area contributed by atoms with Gasteiger partial charge in [0.1, 0.15) is 5.75 Å². The van der Waals surface area contributed by atoms with E-state index in [2.05, 4.69) is 5.32 Å². The fourth-order valence-electron chi connectivity index (χ4n) is 2.01. The molecule has 8 nitrogen and oxygen atoms in total. The molecule has 1 aromatic rings. The van der Waals surface area contributed by atoms with E-state index in [4.69, 9.17) is 4.74 Å². The average Bonchev–Trinajstić information content (AvgIpc) is 2.76. The summed E-state index contributed by atoms with van der Waals surface area (Å²) in [5, 5.41) is 13.2. The first-order valence-corrected chi connectivity index (χ1v) is 8.05. The number of ether oxygens (including phenoxy) is 1. The van der Waals surface area contributed by atoms with Crippen molar-refractivity contribution >= 4 is 21.4 Å². The molecule has 1 aromatic carbocycles. The fraction of sp³-hybridized carbons (Fsp3) is 0.417. The molecule has 0 bridgehead atoms. The molecule has 0 unspecified atom stereocenters. The number of sulfone groups is 1. The Bertz CT molecular complexity index is 657. The average molecular weight is 314 g/mol. The summed E-state index contributed by atoms with van der Waals surface area (Å²) >= 11 is 0. The summed E-state index contributed by atoms with van der Waals surface area (Å²) in [5.41, 5.74) is -0.130. The van der Waals surface area contributed by atoms with Crippen molar-refractivity contribution in [2.24, 2.45) is 0 Å². The quantitative estimate of drug-likeness (QED) is 0.616. The van der Waals surface area contributed by atoms with E-state index in [1.807, 2.05) is 0 Å². The van der Waals surface area contributed by atoms with E-state index in [1.54, 1.807) is 0 Å². The molecule has 1 N–H and O–H groups in total. The van der Waals surface area contributed by atoms with Gasteiger partial charge in [-0.15, -0.1) is 0 Å². The van der Waals surface area contributed by atoms with Crippen LogP contribution < -0.4 is 10.1 Å². The number of benzene rings is 1. The topological polar surface area (TPSA) is 116 Å². The van der Waals surface area contributed by atoms with Crippen molar-refractivity contribution in [2.45, 2.75) is 12.5 Å². The molecule has 1 saturated heterocycles. The third-order valence-corrected chi connectivity index (χ3v) is 4.76. The van der Waals surface area contributed by atoms with Gasteiger partial charge in [0.2, 0.25) is 0 Å². The zero-order valence-electron chi connectivity index (χ0n) is 11.0. The van der Waals surface area contributed by atoms with Gasteiger partial charge in [-0.1, -0.05) is 6.07 Å².